The summed E-state index contributed by atoms with van der Waals surface area (Å²) in [7, 11) is 0. The molecule has 0 aliphatic carbocycles. The van der Waals surface area contributed by atoms with Crippen LogP contribution in [0.25, 0.3) is 0 Å². The van der Waals surface area contributed by atoms with Crippen molar-refractivity contribution in [2.24, 2.45) is 11.5 Å². The molecule has 6 N–H and O–H groups in total. The van der Waals surface area contributed by atoms with E-state index in [2.05, 4.69) is 0 Å². The first kappa shape index (κ1) is 7.84. The van der Waals surface area contributed by atoms with Crippen LogP contribution in [0.1, 0.15) is 6.92 Å². The molecule has 3 atom stereocenters. The number of hydrogen-bond donors (Lipinski definition) is 4. The predicted molar refractivity (Wildman–Crippen MR) is 29.9 cm³/mol. The molecule has 0 aromatic heterocycles. The molecule has 0 saturated carbocycles. The van der Waals surface area contributed by atoms with E-state index < -0.39 is 18.4 Å². The molecule has 0 spiro atoms. The molecule has 0 radical (unpaired) electrons. The van der Waals surface area contributed by atoms with Gasteiger partial charge >= 0.3 is 0 Å². The average molecular weight is 120 g/mol. The van der Waals surface area contributed by atoms with Crippen LogP contribution in [0, 0.1) is 0 Å². The third kappa shape index (κ3) is 2.23. The molecule has 0 aromatic rings. The van der Waals surface area contributed by atoms with Crippen molar-refractivity contribution >= 4 is 0 Å². The minimum atomic E-state index is -1.23. The normalized spacial score (nSPS) is 22.1. The number of rotatable bonds is 2. The molecule has 8 heavy (non-hydrogen) atoms. The Kier molecular flexibility index (Phi) is 2.93. The highest BCUT2D eigenvalue weighted by molar-refractivity contribution is 4.69. The zero-order chi connectivity index (χ0) is 6.73. The SMILES string of the molecule is C[C@H](N)C(O)C(N)O. The van der Waals surface area contributed by atoms with Crippen molar-refractivity contribution in [1.82, 2.24) is 0 Å². The van der Waals surface area contributed by atoms with E-state index in [4.69, 9.17) is 21.7 Å². The molecule has 4 heteroatoms. The minimum absolute atomic E-state index is 0.477. The summed E-state index contributed by atoms with van der Waals surface area (Å²) < 4.78 is 0. The van der Waals surface area contributed by atoms with Gasteiger partial charge in [0.05, 0.1) is 0 Å². The van der Waals surface area contributed by atoms with Crippen molar-refractivity contribution in [2.75, 3.05) is 0 Å². The molecule has 50 valence electrons. The maximum absolute atomic E-state index is 8.70. The average Bonchev–Trinajstić information content (AvgIpc) is 1.64. The van der Waals surface area contributed by atoms with Gasteiger partial charge in [-0.2, -0.15) is 0 Å². The molecule has 0 aliphatic rings. The monoisotopic (exact) mass is 120 g/mol. The van der Waals surface area contributed by atoms with E-state index in [0.717, 1.165) is 0 Å². The van der Waals surface area contributed by atoms with Gasteiger partial charge in [0.2, 0.25) is 0 Å². The fraction of sp³-hybridized carbons (Fsp3) is 1.00. The van der Waals surface area contributed by atoms with Gasteiger partial charge in [0, 0.05) is 6.04 Å². The topological polar surface area (TPSA) is 92.5 Å². The predicted octanol–water partition coefficient (Wildman–Crippen LogP) is -2.03. The van der Waals surface area contributed by atoms with Crippen LogP contribution in [-0.4, -0.2) is 28.6 Å². The Morgan fingerprint density at radius 1 is 1.25 bits per heavy atom. The van der Waals surface area contributed by atoms with Gasteiger partial charge in [-0.1, -0.05) is 0 Å². The maximum atomic E-state index is 8.70. The number of aliphatic hydroxyl groups excluding tert-OH is 2. The van der Waals surface area contributed by atoms with Crippen LogP contribution in [0.15, 0.2) is 0 Å². The molecule has 0 saturated heterocycles. The Morgan fingerprint density at radius 3 is 1.62 bits per heavy atom. The second-order valence-corrected chi connectivity index (χ2v) is 1.84. The van der Waals surface area contributed by atoms with Gasteiger partial charge in [-0.15, -0.1) is 0 Å². The maximum Gasteiger partial charge on any atom is 0.130 e. The third-order valence-electron chi connectivity index (χ3n) is 0.889. The smallest absolute Gasteiger partial charge is 0.130 e. The van der Waals surface area contributed by atoms with Crippen molar-refractivity contribution < 1.29 is 10.2 Å². The summed E-state index contributed by atoms with van der Waals surface area (Å²) in [6.07, 6.45) is -2.25. The first-order chi connectivity index (χ1) is 3.55. The van der Waals surface area contributed by atoms with E-state index in [-0.39, 0.29) is 0 Å². The lowest BCUT2D eigenvalue weighted by molar-refractivity contribution is 0.0116. The highest BCUT2D eigenvalue weighted by atomic mass is 16.3. The molecule has 0 aromatic carbocycles. The molecule has 0 amide bonds. The Morgan fingerprint density at radius 2 is 1.62 bits per heavy atom. The highest BCUT2D eigenvalue weighted by Crippen LogP contribution is 1.89. The van der Waals surface area contributed by atoms with Gasteiger partial charge in [0.25, 0.3) is 0 Å². The van der Waals surface area contributed by atoms with Crippen molar-refractivity contribution in [2.45, 2.75) is 25.3 Å². The standard InChI is InChI=1S/C4H12N2O2/c1-2(5)3(7)4(6)8/h2-4,7-8H,5-6H2,1H3/t2-,3?,4?/m0/s1. The van der Waals surface area contributed by atoms with Crippen LogP contribution < -0.4 is 11.5 Å². The Labute approximate surface area is 48.1 Å². The summed E-state index contributed by atoms with van der Waals surface area (Å²) in [5.74, 6) is 0. The van der Waals surface area contributed by atoms with Crippen molar-refractivity contribution in [3.63, 3.8) is 0 Å². The molecule has 0 fully saturated rings. The fourth-order valence-corrected chi connectivity index (χ4v) is 0.311. The molecular weight excluding hydrogens is 108 g/mol. The minimum Gasteiger partial charge on any atom is -0.387 e. The molecule has 0 heterocycles. The van der Waals surface area contributed by atoms with Gasteiger partial charge in [0.1, 0.15) is 12.3 Å². The highest BCUT2D eigenvalue weighted by Gasteiger charge is 2.14. The second-order valence-electron chi connectivity index (χ2n) is 1.84. The lowest BCUT2D eigenvalue weighted by atomic mass is 10.2. The molecule has 4 nitrogen and oxygen atoms in total. The van der Waals surface area contributed by atoms with E-state index in [9.17, 15) is 0 Å². The molecule has 0 aliphatic heterocycles. The van der Waals surface area contributed by atoms with Gasteiger partial charge in [-0.05, 0) is 6.92 Å². The van der Waals surface area contributed by atoms with E-state index in [0.29, 0.717) is 0 Å². The first-order valence-electron chi connectivity index (χ1n) is 2.43. The number of nitrogens with two attached hydrogens (primary N) is 2. The van der Waals surface area contributed by atoms with Crippen molar-refractivity contribution in [3.05, 3.63) is 0 Å². The van der Waals surface area contributed by atoms with Crippen LogP contribution in [0.2, 0.25) is 0 Å². The number of aliphatic hydroxyl groups is 2. The molecular formula is C4H12N2O2. The van der Waals surface area contributed by atoms with Gasteiger partial charge in [-0.25, -0.2) is 0 Å². The van der Waals surface area contributed by atoms with Crippen molar-refractivity contribution in [1.29, 1.82) is 0 Å². The summed E-state index contributed by atoms with van der Waals surface area (Å²) in [6.45, 7) is 1.57. The quantitative estimate of drug-likeness (QED) is 0.316. The van der Waals surface area contributed by atoms with Crippen molar-refractivity contribution in [3.8, 4) is 0 Å². The van der Waals surface area contributed by atoms with E-state index >= 15 is 0 Å². The number of hydrogen-bond acceptors (Lipinski definition) is 4. The summed E-state index contributed by atoms with van der Waals surface area (Å²) in [6, 6.07) is -0.477. The second kappa shape index (κ2) is 2.99. The summed E-state index contributed by atoms with van der Waals surface area (Å²) in [5, 5.41) is 17.1. The van der Waals surface area contributed by atoms with Gasteiger partial charge < -0.3 is 21.7 Å². The fourth-order valence-electron chi connectivity index (χ4n) is 0.311. The Balaban J connectivity index is 3.46. The summed E-state index contributed by atoms with van der Waals surface area (Å²) in [4.78, 5) is 0. The van der Waals surface area contributed by atoms with Crippen LogP contribution in [0.4, 0.5) is 0 Å². The van der Waals surface area contributed by atoms with E-state index in [1.54, 1.807) is 6.92 Å². The summed E-state index contributed by atoms with van der Waals surface area (Å²) in [5.41, 5.74) is 10.0. The summed E-state index contributed by atoms with van der Waals surface area (Å²) >= 11 is 0. The lowest BCUT2D eigenvalue weighted by Crippen LogP contribution is -2.45. The zero-order valence-electron chi connectivity index (χ0n) is 4.78. The van der Waals surface area contributed by atoms with Gasteiger partial charge in [-0.3, -0.25) is 0 Å². The molecule has 0 rings (SSSR count). The van der Waals surface area contributed by atoms with Gasteiger partial charge in [0.15, 0.2) is 0 Å². The van der Waals surface area contributed by atoms with Crippen LogP contribution >= 0.6 is 0 Å². The zero-order valence-corrected chi connectivity index (χ0v) is 4.78. The van der Waals surface area contributed by atoms with Crippen LogP contribution in [0.3, 0.4) is 0 Å². The Bertz CT molecular complexity index is 57.1. The van der Waals surface area contributed by atoms with Crippen LogP contribution in [0.5, 0.6) is 0 Å². The lowest BCUT2D eigenvalue weighted by Gasteiger charge is -2.16. The third-order valence-corrected chi connectivity index (χ3v) is 0.889. The van der Waals surface area contributed by atoms with Crippen LogP contribution in [-0.2, 0) is 0 Å². The van der Waals surface area contributed by atoms with E-state index in [1.165, 1.54) is 0 Å². The molecule has 2 unspecified atom stereocenters. The van der Waals surface area contributed by atoms with E-state index in [1.807, 2.05) is 0 Å². The first-order valence-corrected chi connectivity index (χ1v) is 2.43. The largest absolute Gasteiger partial charge is 0.387 e. The molecule has 0 bridgehead atoms. The Hall–Kier alpha value is -0.160.